The third kappa shape index (κ3) is 3.08. The largest absolute Gasteiger partial charge is 0.402 e. The summed E-state index contributed by atoms with van der Waals surface area (Å²) < 4.78 is 18.9. The van der Waals surface area contributed by atoms with E-state index < -0.39 is 5.97 Å². The summed E-state index contributed by atoms with van der Waals surface area (Å²) in [5, 5.41) is 0. The van der Waals surface area contributed by atoms with Crippen molar-refractivity contribution >= 4 is 33.9 Å². The van der Waals surface area contributed by atoms with E-state index in [9.17, 15) is 9.18 Å². The maximum atomic E-state index is 12.9. The van der Waals surface area contributed by atoms with Gasteiger partial charge >= 0.3 is 5.97 Å². The third-order valence-corrected chi connectivity index (χ3v) is 3.41. The van der Waals surface area contributed by atoms with Gasteiger partial charge in [0.05, 0.1) is 0 Å². The van der Waals surface area contributed by atoms with Crippen molar-refractivity contribution < 1.29 is 13.9 Å². The van der Waals surface area contributed by atoms with Crippen molar-refractivity contribution in [2.45, 2.75) is 0 Å². The van der Waals surface area contributed by atoms with E-state index in [1.165, 1.54) is 24.3 Å². The number of halogens is 2. The van der Waals surface area contributed by atoms with Crippen molar-refractivity contribution in [3.05, 3.63) is 75.6 Å². The number of esters is 1. The topological polar surface area (TPSA) is 38.7 Å². The molecule has 0 aromatic heterocycles. The van der Waals surface area contributed by atoms with Crippen LogP contribution in [0, 0.1) is 5.82 Å². The molecule has 1 aliphatic heterocycles. The number of aliphatic imine (C=N–C) groups is 1. The Bertz CT molecular complexity index is 749. The van der Waals surface area contributed by atoms with Crippen LogP contribution in [0.3, 0.4) is 0 Å². The van der Waals surface area contributed by atoms with Crippen LogP contribution in [0.15, 0.2) is 63.7 Å². The summed E-state index contributed by atoms with van der Waals surface area (Å²) in [5.41, 5.74) is 1.62. The van der Waals surface area contributed by atoms with Gasteiger partial charge in [-0.05, 0) is 48.0 Å². The second kappa shape index (κ2) is 5.61. The second-order valence-corrected chi connectivity index (χ2v) is 5.31. The van der Waals surface area contributed by atoms with Crippen molar-refractivity contribution in [1.82, 2.24) is 0 Å². The lowest BCUT2D eigenvalue weighted by atomic mass is 10.2. The molecule has 2 aromatic carbocycles. The number of hydrogen-bond donors (Lipinski definition) is 0. The van der Waals surface area contributed by atoms with Gasteiger partial charge in [-0.1, -0.05) is 28.1 Å². The summed E-state index contributed by atoms with van der Waals surface area (Å²) >= 11 is 3.35. The van der Waals surface area contributed by atoms with Gasteiger partial charge in [0.25, 0.3) is 0 Å². The molecule has 1 aliphatic rings. The predicted molar refractivity (Wildman–Crippen MR) is 81.1 cm³/mol. The molecule has 21 heavy (non-hydrogen) atoms. The van der Waals surface area contributed by atoms with Crippen LogP contribution in [-0.2, 0) is 9.53 Å². The van der Waals surface area contributed by atoms with E-state index in [2.05, 4.69) is 20.9 Å². The highest BCUT2D eigenvalue weighted by Gasteiger charge is 2.23. The zero-order chi connectivity index (χ0) is 14.8. The third-order valence-electron chi connectivity index (χ3n) is 2.89. The molecule has 0 aliphatic carbocycles. The van der Waals surface area contributed by atoms with Gasteiger partial charge in [0, 0.05) is 10.0 Å². The monoisotopic (exact) mass is 345 g/mol. The quantitative estimate of drug-likeness (QED) is 0.610. The Morgan fingerprint density at radius 3 is 2.38 bits per heavy atom. The molecule has 0 fully saturated rings. The average molecular weight is 346 g/mol. The summed E-state index contributed by atoms with van der Waals surface area (Å²) in [7, 11) is 0. The van der Waals surface area contributed by atoms with Crippen molar-refractivity contribution in [1.29, 1.82) is 0 Å². The zero-order valence-corrected chi connectivity index (χ0v) is 12.3. The minimum atomic E-state index is -0.516. The highest BCUT2D eigenvalue weighted by atomic mass is 79.9. The lowest BCUT2D eigenvalue weighted by Crippen LogP contribution is -2.05. The molecule has 0 saturated carbocycles. The maximum absolute atomic E-state index is 12.9. The predicted octanol–water partition coefficient (Wildman–Crippen LogP) is 3.93. The Balaban J connectivity index is 1.91. The van der Waals surface area contributed by atoms with E-state index in [4.69, 9.17) is 4.74 Å². The fraction of sp³-hybridized carbons (Fsp3) is 0. The normalized spacial score (nSPS) is 16.0. The molecule has 0 bridgehead atoms. The molecule has 0 atom stereocenters. The second-order valence-electron chi connectivity index (χ2n) is 4.39. The van der Waals surface area contributed by atoms with Gasteiger partial charge in [-0.2, -0.15) is 0 Å². The number of rotatable bonds is 2. The number of carbonyl (C=O) groups is 1. The van der Waals surface area contributed by atoms with Crippen molar-refractivity contribution in [3.63, 3.8) is 0 Å². The molecule has 0 N–H and O–H groups in total. The maximum Gasteiger partial charge on any atom is 0.363 e. The van der Waals surface area contributed by atoms with Crippen LogP contribution in [0.1, 0.15) is 11.1 Å². The van der Waals surface area contributed by atoms with E-state index >= 15 is 0 Å². The fourth-order valence-electron chi connectivity index (χ4n) is 1.84. The summed E-state index contributed by atoms with van der Waals surface area (Å²) in [4.78, 5) is 16.0. The van der Waals surface area contributed by atoms with E-state index in [0.717, 1.165) is 10.0 Å². The first kappa shape index (κ1) is 13.7. The minimum absolute atomic E-state index is 0.184. The van der Waals surface area contributed by atoms with Crippen LogP contribution in [0.2, 0.25) is 0 Å². The molecule has 3 nitrogen and oxygen atoms in total. The molecule has 0 amide bonds. The number of hydrogen-bond acceptors (Lipinski definition) is 3. The number of carbonyl (C=O) groups excluding carboxylic acids is 1. The molecule has 3 rings (SSSR count). The molecule has 0 saturated heterocycles. The Morgan fingerprint density at radius 2 is 1.71 bits per heavy atom. The zero-order valence-electron chi connectivity index (χ0n) is 10.7. The van der Waals surface area contributed by atoms with E-state index in [0.29, 0.717) is 5.56 Å². The highest BCUT2D eigenvalue weighted by Crippen LogP contribution is 2.20. The highest BCUT2D eigenvalue weighted by molar-refractivity contribution is 9.10. The summed E-state index contributed by atoms with van der Waals surface area (Å²) in [5.74, 6) is -0.685. The summed E-state index contributed by atoms with van der Waals surface area (Å²) in [6, 6.07) is 13.1. The molecule has 5 heteroatoms. The molecule has 0 spiro atoms. The van der Waals surface area contributed by atoms with Crippen LogP contribution >= 0.6 is 15.9 Å². The summed E-state index contributed by atoms with van der Waals surface area (Å²) in [6.45, 7) is 0. The van der Waals surface area contributed by atoms with Gasteiger partial charge in [-0.25, -0.2) is 14.2 Å². The van der Waals surface area contributed by atoms with Crippen molar-refractivity contribution in [2.24, 2.45) is 4.99 Å². The van der Waals surface area contributed by atoms with Crippen LogP contribution in [0.25, 0.3) is 6.08 Å². The fourth-order valence-corrected chi connectivity index (χ4v) is 2.11. The van der Waals surface area contributed by atoms with Crippen LogP contribution in [-0.4, -0.2) is 11.9 Å². The number of ether oxygens (including phenoxy) is 1. The lowest BCUT2D eigenvalue weighted by molar-refractivity contribution is -0.129. The van der Waals surface area contributed by atoms with E-state index in [-0.39, 0.29) is 17.4 Å². The number of cyclic esters (lactones) is 1. The van der Waals surface area contributed by atoms with Gasteiger partial charge in [0.1, 0.15) is 5.82 Å². The van der Waals surface area contributed by atoms with Gasteiger partial charge in [-0.15, -0.1) is 0 Å². The van der Waals surface area contributed by atoms with Gasteiger partial charge in [0.15, 0.2) is 5.70 Å². The van der Waals surface area contributed by atoms with Gasteiger partial charge in [0.2, 0.25) is 5.90 Å². The first-order valence-electron chi connectivity index (χ1n) is 6.16. The van der Waals surface area contributed by atoms with Crippen LogP contribution < -0.4 is 0 Å². The number of nitrogens with zero attached hydrogens (tertiary/aromatic N) is 1. The average Bonchev–Trinajstić information content (AvgIpc) is 2.83. The smallest absolute Gasteiger partial charge is 0.363 e. The Kier molecular flexibility index (Phi) is 3.66. The lowest BCUT2D eigenvalue weighted by Gasteiger charge is -1.98. The van der Waals surface area contributed by atoms with Crippen LogP contribution in [0.4, 0.5) is 4.39 Å². The molecule has 0 radical (unpaired) electrons. The first-order chi connectivity index (χ1) is 10.1. The Hall–Kier alpha value is -2.27. The molecule has 104 valence electrons. The molecule has 1 heterocycles. The van der Waals surface area contributed by atoms with Gasteiger partial charge < -0.3 is 4.74 Å². The molecule has 2 aromatic rings. The summed E-state index contributed by atoms with van der Waals surface area (Å²) in [6.07, 6.45) is 1.64. The first-order valence-corrected chi connectivity index (χ1v) is 6.95. The Labute approximate surface area is 128 Å². The van der Waals surface area contributed by atoms with Crippen molar-refractivity contribution in [3.8, 4) is 0 Å². The van der Waals surface area contributed by atoms with Crippen molar-refractivity contribution in [2.75, 3.05) is 0 Å². The van der Waals surface area contributed by atoms with Gasteiger partial charge in [-0.3, -0.25) is 0 Å². The van der Waals surface area contributed by atoms with Crippen LogP contribution in [0.5, 0.6) is 0 Å². The van der Waals surface area contributed by atoms with E-state index in [1.807, 2.05) is 24.3 Å². The number of benzene rings is 2. The standard InChI is InChI=1S/C16H9BrFNO2/c17-12-5-1-10(2-6-12)9-14-16(20)21-15(19-14)11-3-7-13(18)8-4-11/h1-9H/b14-9+. The van der Waals surface area contributed by atoms with E-state index in [1.54, 1.807) is 6.08 Å². The SMILES string of the molecule is O=C1OC(c2ccc(F)cc2)=N/C1=C/c1ccc(Br)cc1. The molecular formula is C16H9BrFNO2. The minimum Gasteiger partial charge on any atom is -0.402 e. The molecular weight excluding hydrogens is 337 g/mol. The molecule has 0 unspecified atom stereocenters. The Morgan fingerprint density at radius 1 is 1.05 bits per heavy atom.